The lowest BCUT2D eigenvalue weighted by Crippen LogP contribution is -1.91. The molecule has 0 aliphatic heterocycles. The third kappa shape index (κ3) is 2.89. The molecule has 0 fully saturated rings. The number of allylic oxidation sites excluding steroid dienone is 1. The van der Waals surface area contributed by atoms with Crippen LogP contribution in [0.1, 0.15) is 11.1 Å². The van der Waals surface area contributed by atoms with Gasteiger partial charge in [0.05, 0.1) is 0 Å². The summed E-state index contributed by atoms with van der Waals surface area (Å²) in [5, 5.41) is 2.42. The van der Waals surface area contributed by atoms with E-state index in [2.05, 4.69) is 79.7 Å². The van der Waals surface area contributed by atoms with E-state index in [0.717, 1.165) is 28.8 Å². The summed E-state index contributed by atoms with van der Waals surface area (Å²) in [6, 6.07) is 23.4. The van der Waals surface area contributed by atoms with Crippen molar-refractivity contribution < 1.29 is 4.42 Å². The maximum absolute atomic E-state index is 6.24. The van der Waals surface area contributed by atoms with Crippen molar-refractivity contribution in [2.45, 2.75) is 20.4 Å². The molecule has 0 radical (unpaired) electrons. The topological polar surface area (TPSA) is 18.1 Å². The zero-order chi connectivity index (χ0) is 20.0. The van der Waals surface area contributed by atoms with Crippen LogP contribution in [0.3, 0.4) is 0 Å². The van der Waals surface area contributed by atoms with E-state index in [-0.39, 0.29) is 0 Å². The van der Waals surface area contributed by atoms with Crippen molar-refractivity contribution in [2.75, 3.05) is 0 Å². The van der Waals surface area contributed by atoms with Gasteiger partial charge < -0.3 is 8.98 Å². The zero-order valence-corrected chi connectivity index (χ0v) is 16.8. The molecule has 29 heavy (non-hydrogen) atoms. The Morgan fingerprint density at radius 1 is 0.931 bits per heavy atom. The van der Waals surface area contributed by atoms with Crippen LogP contribution in [0, 0.1) is 13.8 Å². The maximum Gasteiger partial charge on any atom is 0.135 e. The summed E-state index contributed by atoms with van der Waals surface area (Å²) in [5.41, 5.74) is 8.24. The van der Waals surface area contributed by atoms with E-state index >= 15 is 0 Å². The van der Waals surface area contributed by atoms with Crippen LogP contribution in [0.25, 0.3) is 44.3 Å². The van der Waals surface area contributed by atoms with Crippen LogP contribution in [-0.4, -0.2) is 4.57 Å². The third-order valence-electron chi connectivity index (χ3n) is 5.60. The van der Waals surface area contributed by atoms with Crippen LogP contribution in [0.4, 0.5) is 0 Å². The number of aromatic nitrogens is 1. The minimum Gasteiger partial charge on any atom is -0.456 e. The van der Waals surface area contributed by atoms with Gasteiger partial charge in [-0.1, -0.05) is 54.1 Å². The molecule has 5 aromatic rings. The molecule has 0 saturated heterocycles. The van der Waals surface area contributed by atoms with Gasteiger partial charge in [0.2, 0.25) is 0 Å². The van der Waals surface area contributed by atoms with Crippen molar-refractivity contribution in [3.8, 4) is 22.5 Å². The Labute approximate surface area is 170 Å². The molecule has 2 aromatic heterocycles. The van der Waals surface area contributed by atoms with E-state index < -0.39 is 0 Å². The molecular formula is C27H23NO. The summed E-state index contributed by atoms with van der Waals surface area (Å²) in [6.45, 7) is 9.04. The molecule has 0 unspecified atom stereocenters. The SMILES string of the molecule is C=CCn1cc(-c2c(C)ccc3oc(-c4ccccc4)cc23)c2cc(C)ccc21. The van der Waals surface area contributed by atoms with E-state index in [1.165, 1.54) is 33.2 Å². The molecule has 2 heteroatoms. The molecule has 0 aliphatic rings. The second-order valence-corrected chi connectivity index (χ2v) is 7.65. The van der Waals surface area contributed by atoms with Crippen molar-refractivity contribution in [2.24, 2.45) is 0 Å². The van der Waals surface area contributed by atoms with Gasteiger partial charge in [-0.05, 0) is 49.2 Å². The molecule has 5 rings (SSSR count). The fourth-order valence-corrected chi connectivity index (χ4v) is 4.22. The summed E-state index contributed by atoms with van der Waals surface area (Å²) in [5.74, 6) is 0.901. The zero-order valence-electron chi connectivity index (χ0n) is 16.8. The van der Waals surface area contributed by atoms with Gasteiger partial charge in [-0.2, -0.15) is 0 Å². The summed E-state index contributed by atoms with van der Waals surface area (Å²) in [6.07, 6.45) is 4.20. The fourth-order valence-electron chi connectivity index (χ4n) is 4.22. The highest BCUT2D eigenvalue weighted by atomic mass is 16.3. The summed E-state index contributed by atoms with van der Waals surface area (Å²) in [7, 11) is 0. The molecule has 0 bridgehead atoms. The maximum atomic E-state index is 6.24. The number of aryl methyl sites for hydroxylation is 2. The van der Waals surface area contributed by atoms with Gasteiger partial charge in [0.1, 0.15) is 11.3 Å². The number of nitrogens with zero attached hydrogens (tertiary/aromatic N) is 1. The van der Waals surface area contributed by atoms with E-state index in [1.807, 2.05) is 24.3 Å². The van der Waals surface area contributed by atoms with Gasteiger partial charge in [-0.3, -0.25) is 0 Å². The summed E-state index contributed by atoms with van der Waals surface area (Å²) < 4.78 is 8.51. The Morgan fingerprint density at radius 3 is 2.55 bits per heavy atom. The van der Waals surface area contributed by atoms with Gasteiger partial charge in [0.25, 0.3) is 0 Å². The highest BCUT2D eigenvalue weighted by molar-refractivity contribution is 6.06. The van der Waals surface area contributed by atoms with E-state index in [1.54, 1.807) is 0 Å². The second-order valence-electron chi connectivity index (χ2n) is 7.65. The molecule has 0 aliphatic carbocycles. The van der Waals surface area contributed by atoms with Crippen molar-refractivity contribution in [1.29, 1.82) is 0 Å². The Bertz CT molecular complexity index is 1350. The first-order valence-corrected chi connectivity index (χ1v) is 9.95. The first-order chi connectivity index (χ1) is 14.2. The summed E-state index contributed by atoms with van der Waals surface area (Å²) >= 11 is 0. The van der Waals surface area contributed by atoms with Gasteiger partial charge in [0.15, 0.2) is 0 Å². The van der Waals surface area contributed by atoms with E-state index in [9.17, 15) is 0 Å². The van der Waals surface area contributed by atoms with Crippen molar-refractivity contribution in [3.05, 3.63) is 96.7 Å². The lowest BCUT2D eigenvalue weighted by atomic mass is 9.95. The normalized spacial score (nSPS) is 11.4. The Kier molecular flexibility index (Phi) is 4.13. The molecule has 2 nitrogen and oxygen atoms in total. The summed E-state index contributed by atoms with van der Waals surface area (Å²) in [4.78, 5) is 0. The predicted octanol–water partition coefficient (Wildman–Crippen LogP) is 7.52. The smallest absolute Gasteiger partial charge is 0.135 e. The number of fused-ring (bicyclic) bond motifs is 2. The monoisotopic (exact) mass is 377 g/mol. The number of hydrogen-bond acceptors (Lipinski definition) is 1. The molecule has 0 N–H and O–H groups in total. The Hall–Kier alpha value is -3.52. The lowest BCUT2D eigenvalue weighted by molar-refractivity contribution is 0.631. The Morgan fingerprint density at radius 2 is 1.76 bits per heavy atom. The van der Waals surface area contributed by atoms with Crippen LogP contribution in [0.15, 0.2) is 90.0 Å². The Balaban J connectivity index is 1.81. The number of hydrogen-bond donors (Lipinski definition) is 0. The molecule has 0 saturated carbocycles. The largest absolute Gasteiger partial charge is 0.456 e. The van der Waals surface area contributed by atoms with Crippen molar-refractivity contribution in [3.63, 3.8) is 0 Å². The van der Waals surface area contributed by atoms with Gasteiger partial charge in [0, 0.05) is 40.2 Å². The van der Waals surface area contributed by atoms with Crippen LogP contribution < -0.4 is 0 Å². The number of benzene rings is 3. The lowest BCUT2D eigenvalue weighted by Gasteiger charge is -2.06. The highest BCUT2D eigenvalue weighted by Gasteiger charge is 2.17. The molecule has 142 valence electrons. The molecule has 3 aromatic carbocycles. The van der Waals surface area contributed by atoms with E-state index in [4.69, 9.17) is 4.42 Å². The quantitative estimate of drug-likeness (QED) is 0.296. The number of rotatable bonds is 4. The van der Waals surface area contributed by atoms with Crippen LogP contribution >= 0.6 is 0 Å². The second kappa shape index (κ2) is 6.82. The van der Waals surface area contributed by atoms with Crippen molar-refractivity contribution >= 4 is 21.9 Å². The number of furan rings is 1. The molecule has 0 atom stereocenters. The van der Waals surface area contributed by atoms with E-state index in [0.29, 0.717) is 0 Å². The van der Waals surface area contributed by atoms with Gasteiger partial charge in [-0.25, -0.2) is 0 Å². The van der Waals surface area contributed by atoms with Crippen LogP contribution in [0.2, 0.25) is 0 Å². The molecule has 0 spiro atoms. The first-order valence-electron chi connectivity index (χ1n) is 9.95. The molecule has 0 amide bonds. The van der Waals surface area contributed by atoms with Crippen LogP contribution in [-0.2, 0) is 6.54 Å². The average molecular weight is 377 g/mol. The average Bonchev–Trinajstić information content (AvgIpc) is 3.31. The highest BCUT2D eigenvalue weighted by Crippen LogP contribution is 2.40. The predicted molar refractivity (Wildman–Crippen MR) is 122 cm³/mol. The standard InChI is InChI=1S/C27H23NO/c1-4-14-28-17-23(21-15-18(2)10-12-24(21)28)27-19(3)11-13-25-22(27)16-26(29-25)20-8-6-5-7-9-20/h4-13,15-17H,1,14H2,2-3H3. The van der Waals surface area contributed by atoms with Gasteiger partial charge in [-0.15, -0.1) is 6.58 Å². The fraction of sp³-hybridized carbons (Fsp3) is 0.111. The van der Waals surface area contributed by atoms with Crippen LogP contribution in [0.5, 0.6) is 0 Å². The van der Waals surface area contributed by atoms with Gasteiger partial charge >= 0.3 is 0 Å². The third-order valence-corrected chi connectivity index (χ3v) is 5.60. The molecular weight excluding hydrogens is 354 g/mol. The van der Waals surface area contributed by atoms with Crippen molar-refractivity contribution in [1.82, 2.24) is 4.57 Å². The minimum absolute atomic E-state index is 0.787. The minimum atomic E-state index is 0.787. The first kappa shape index (κ1) is 17.6. The molecule has 2 heterocycles.